The molecule has 1 heterocycles. The third kappa shape index (κ3) is 4.51. The Labute approximate surface area is 274 Å². The molecule has 1 nitrogen and oxygen atoms in total. The quantitative estimate of drug-likeness (QED) is 0.184. The summed E-state index contributed by atoms with van der Waals surface area (Å²) in [5, 5.41) is 9.98. The molecule has 0 aliphatic rings. The van der Waals surface area contributed by atoms with Crippen LogP contribution in [0.3, 0.4) is 0 Å². The van der Waals surface area contributed by atoms with E-state index < -0.39 is 0 Å². The van der Waals surface area contributed by atoms with Gasteiger partial charge in [0.15, 0.2) is 0 Å². The van der Waals surface area contributed by atoms with Crippen LogP contribution in [0.2, 0.25) is 0 Å². The minimum atomic E-state index is 0.998. The van der Waals surface area contributed by atoms with Gasteiger partial charge in [-0.05, 0) is 90.0 Å². The zero-order chi connectivity index (χ0) is 31.3. The average Bonchev–Trinajstić information content (AvgIpc) is 3.14. The average molecular weight is 598 g/mol. The molecule has 0 N–H and O–H groups in total. The number of benzene rings is 8. The molecule has 8 aromatic carbocycles. The summed E-state index contributed by atoms with van der Waals surface area (Å²) < 4.78 is 0. The van der Waals surface area contributed by atoms with Gasteiger partial charge in [-0.25, -0.2) is 0 Å². The third-order valence-corrected chi connectivity index (χ3v) is 9.56. The number of hydrogen-bond acceptors (Lipinski definition) is 1. The molecule has 220 valence electrons. The van der Waals surface area contributed by atoms with E-state index >= 15 is 0 Å². The fourth-order valence-electron chi connectivity index (χ4n) is 7.44. The van der Waals surface area contributed by atoms with Crippen LogP contribution in [-0.4, -0.2) is 4.98 Å². The summed E-state index contributed by atoms with van der Waals surface area (Å²) in [5.74, 6) is 0. The van der Waals surface area contributed by atoms with Crippen molar-refractivity contribution >= 4 is 43.1 Å². The highest BCUT2D eigenvalue weighted by atomic mass is 14.7. The predicted molar refractivity (Wildman–Crippen MR) is 201 cm³/mol. The van der Waals surface area contributed by atoms with Gasteiger partial charge in [0, 0.05) is 17.3 Å². The van der Waals surface area contributed by atoms with Crippen molar-refractivity contribution < 1.29 is 0 Å². The number of pyridine rings is 1. The molecule has 9 aromatic rings. The molecule has 0 saturated carbocycles. The van der Waals surface area contributed by atoms with E-state index in [1.807, 2.05) is 12.3 Å². The fraction of sp³-hybridized carbons (Fsp3) is 0.0217. The summed E-state index contributed by atoms with van der Waals surface area (Å²) in [4.78, 5) is 4.95. The predicted octanol–water partition coefficient (Wildman–Crippen LogP) is 12.7. The summed E-state index contributed by atoms with van der Waals surface area (Å²) in [6.07, 6.45) is 1.90. The molecule has 0 fully saturated rings. The lowest BCUT2D eigenvalue weighted by atomic mass is 9.83. The summed E-state index contributed by atoms with van der Waals surface area (Å²) in [6.45, 7) is 2.15. The lowest BCUT2D eigenvalue weighted by molar-refractivity contribution is 1.33. The Balaban J connectivity index is 1.33. The van der Waals surface area contributed by atoms with Crippen LogP contribution in [0.25, 0.3) is 87.7 Å². The Morgan fingerprint density at radius 3 is 1.62 bits per heavy atom. The number of fused-ring (bicyclic) bond motifs is 4. The molecule has 0 saturated heterocycles. The van der Waals surface area contributed by atoms with Gasteiger partial charge in [0.1, 0.15) is 0 Å². The van der Waals surface area contributed by atoms with Gasteiger partial charge < -0.3 is 0 Å². The maximum Gasteiger partial charge on any atom is 0.0786 e. The van der Waals surface area contributed by atoms with Crippen molar-refractivity contribution in [2.75, 3.05) is 0 Å². The van der Waals surface area contributed by atoms with E-state index in [0.29, 0.717) is 0 Å². The van der Waals surface area contributed by atoms with E-state index in [-0.39, 0.29) is 0 Å². The fourth-order valence-corrected chi connectivity index (χ4v) is 7.44. The zero-order valence-electron chi connectivity index (χ0n) is 26.1. The van der Waals surface area contributed by atoms with Gasteiger partial charge in [0.2, 0.25) is 0 Å². The molecule has 0 unspecified atom stereocenters. The first-order chi connectivity index (χ1) is 23.2. The molecule has 0 bridgehead atoms. The standard InChI is InChI=1S/C46H31N/c1-30-21-22-33-29-34(24-23-32(33)28-30)44-38-16-7-9-18-40(38)45(41-19-10-8-17-39(41)44)42-25-26-43(37-15-6-5-14-36(37)42)46-35(20-11-27-47-46)31-12-3-2-4-13-31/h2-29H,1H3. The van der Waals surface area contributed by atoms with E-state index in [2.05, 4.69) is 165 Å². The maximum absolute atomic E-state index is 4.95. The van der Waals surface area contributed by atoms with Gasteiger partial charge in [-0.2, -0.15) is 0 Å². The van der Waals surface area contributed by atoms with E-state index in [4.69, 9.17) is 4.98 Å². The molecule has 9 rings (SSSR count). The van der Waals surface area contributed by atoms with Crippen molar-refractivity contribution in [3.05, 3.63) is 176 Å². The molecule has 0 amide bonds. The molecule has 0 atom stereocenters. The summed E-state index contributed by atoms with van der Waals surface area (Å²) >= 11 is 0. The molecular weight excluding hydrogens is 567 g/mol. The zero-order valence-corrected chi connectivity index (χ0v) is 26.1. The second-order valence-corrected chi connectivity index (χ2v) is 12.4. The molecule has 0 spiro atoms. The van der Waals surface area contributed by atoms with E-state index in [0.717, 1.165) is 16.8 Å². The Morgan fingerprint density at radius 1 is 0.362 bits per heavy atom. The maximum atomic E-state index is 4.95. The van der Waals surface area contributed by atoms with E-state index in [1.54, 1.807) is 0 Å². The first-order valence-electron chi connectivity index (χ1n) is 16.2. The first-order valence-corrected chi connectivity index (χ1v) is 16.2. The van der Waals surface area contributed by atoms with Crippen LogP contribution in [0.4, 0.5) is 0 Å². The Hall–Kier alpha value is -6.05. The highest BCUT2D eigenvalue weighted by Crippen LogP contribution is 2.47. The summed E-state index contributed by atoms with van der Waals surface area (Å²) in [6, 6.07) is 59.6. The van der Waals surface area contributed by atoms with Crippen LogP contribution in [0.1, 0.15) is 5.56 Å². The number of aryl methyl sites for hydroxylation is 1. The van der Waals surface area contributed by atoms with E-state index in [9.17, 15) is 0 Å². The second-order valence-electron chi connectivity index (χ2n) is 12.4. The van der Waals surface area contributed by atoms with Crippen molar-refractivity contribution in [2.45, 2.75) is 6.92 Å². The van der Waals surface area contributed by atoms with Crippen LogP contribution in [0.15, 0.2) is 170 Å². The van der Waals surface area contributed by atoms with Crippen molar-refractivity contribution in [3.8, 4) is 44.6 Å². The second kappa shape index (κ2) is 11.1. The largest absolute Gasteiger partial charge is 0.256 e. The van der Waals surface area contributed by atoms with Crippen molar-refractivity contribution in [1.29, 1.82) is 0 Å². The van der Waals surface area contributed by atoms with Crippen LogP contribution in [-0.2, 0) is 0 Å². The van der Waals surface area contributed by atoms with Gasteiger partial charge in [0.05, 0.1) is 5.69 Å². The van der Waals surface area contributed by atoms with Crippen LogP contribution < -0.4 is 0 Å². The third-order valence-electron chi connectivity index (χ3n) is 9.56. The van der Waals surface area contributed by atoms with Gasteiger partial charge >= 0.3 is 0 Å². The Bertz CT molecular complexity index is 2570. The smallest absolute Gasteiger partial charge is 0.0786 e. The van der Waals surface area contributed by atoms with Crippen molar-refractivity contribution in [3.63, 3.8) is 0 Å². The number of rotatable bonds is 4. The van der Waals surface area contributed by atoms with Gasteiger partial charge in [-0.3, -0.25) is 4.98 Å². The number of nitrogens with zero attached hydrogens (tertiary/aromatic N) is 1. The molecular formula is C46H31N. The van der Waals surface area contributed by atoms with Crippen molar-refractivity contribution in [1.82, 2.24) is 4.98 Å². The molecule has 1 aromatic heterocycles. The topological polar surface area (TPSA) is 12.9 Å². The van der Waals surface area contributed by atoms with Crippen molar-refractivity contribution in [2.24, 2.45) is 0 Å². The van der Waals surface area contributed by atoms with Crippen LogP contribution in [0, 0.1) is 6.92 Å². The molecule has 0 radical (unpaired) electrons. The summed E-state index contributed by atoms with van der Waals surface area (Å²) in [7, 11) is 0. The van der Waals surface area contributed by atoms with Gasteiger partial charge in [-0.1, -0.05) is 157 Å². The Kier molecular flexibility index (Phi) is 6.43. The molecule has 47 heavy (non-hydrogen) atoms. The monoisotopic (exact) mass is 597 g/mol. The molecule has 0 aliphatic carbocycles. The molecule has 0 aliphatic heterocycles. The minimum Gasteiger partial charge on any atom is -0.256 e. The number of aromatic nitrogens is 1. The lowest BCUT2D eigenvalue weighted by Gasteiger charge is -2.20. The minimum absolute atomic E-state index is 0.998. The highest BCUT2D eigenvalue weighted by molar-refractivity contribution is 6.24. The van der Waals surface area contributed by atoms with Crippen LogP contribution >= 0.6 is 0 Å². The number of hydrogen-bond donors (Lipinski definition) is 0. The van der Waals surface area contributed by atoms with Crippen LogP contribution in [0.5, 0.6) is 0 Å². The van der Waals surface area contributed by atoms with Gasteiger partial charge in [0.25, 0.3) is 0 Å². The summed E-state index contributed by atoms with van der Waals surface area (Å²) in [5.41, 5.74) is 10.7. The lowest BCUT2D eigenvalue weighted by Crippen LogP contribution is -1.94. The van der Waals surface area contributed by atoms with E-state index in [1.165, 1.54) is 76.5 Å². The normalized spacial score (nSPS) is 11.5. The SMILES string of the molecule is Cc1ccc2cc(-c3c4ccccc4c(-c4ccc(-c5ncccc5-c5ccccc5)c5ccccc45)c4ccccc34)ccc2c1. The molecule has 1 heteroatoms. The Morgan fingerprint density at radius 2 is 0.915 bits per heavy atom. The van der Waals surface area contributed by atoms with Gasteiger partial charge in [-0.15, -0.1) is 0 Å². The highest BCUT2D eigenvalue weighted by Gasteiger charge is 2.20. The first kappa shape index (κ1) is 27.3.